The second-order valence-electron chi connectivity index (χ2n) is 31.4. The standard InChI is InChI=1S/C81H130N26O20S/c1-4-46(2)64(75(124)94-42-63(112)113)104-68(117)52(25-14-33-91-80(86)87)98-71(120)56(43-108)102-72(121)57(44-109)101-67(116)51(24-13-32-90-79(84)85)97-70(119)55(40-48-21-9-6-10-22-48)100-74(123)60-28-17-35-105(60)77(126)58(45-110)103-69(118)54(39-47-19-7-5-8-20-47)95-62(111)41-93-73(122)59-27-16-36-106(59)78(127)61-29-18-37-107(61)76(125)53(26-15-34-92-81(88)89)99-66(115)50(23-11-12-31-82)96-65(114)49(83)30-38-128-3/h5-10,19-22,46,49-61,64,108-110H,4,11-18,23-45,82-83H2,1-3H3,(H,93,122)(H,94,124)(H,95,111)(H,96,114)(H,97,119)(H,98,120)(H,99,115)(H,100,123)(H,101,116)(H,102,121)(H,103,118)(H,104,117)(H,112,113)(H4,84,85,90)(H4,86,87,91)(H4,88,89,92)/t46?,49-,50-,51-,52-,53-,54-,55-,56-,57-,58-,59-,60-,61-,64-/m0/s1. The van der Waals surface area contributed by atoms with Crippen LogP contribution in [0, 0.1) is 22.1 Å². The number of rotatable bonds is 56. The minimum absolute atomic E-state index is 0.00160. The maximum atomic E-state index is 14.8. The average molecular weight is 1820 g/mol. The van der Waals surface area contributed by atoms with Gasteiger partial charge >= 0.3 is 5.97 Å². The fourth-order valence-corrected chi connectivity index (χ4v) is 15.1. The first-order chi connectivity index (χ1) is 61.1. The SMILES string of the molecule is CCC(C)[C@H](NC(=O)[C@H](CCCNC(=N)N)NC(=O)[C@H](CO)NC(=O)[C@H](CO)NC(=O)[C@H](CCCNC(=N)N)NC(=O)[C@H](Cc1ccccc1)NC(=O)[C@@H]1CCCN1C(=O)[C@H](CO)NC(=O)[C@H](Cc1ccccc1)NC(=O)CNC(=O)[C@@H]1CCCN1C(=O)[C@@H]1CCCN1C(=O)[C@H](CCCNC(=N)N)NC(=O)[C@H](CCCCN)NC(=O)[C@@H](N)CCSC)C(=O)NCC(=O)O. The first-order valence-electron chi connectivity index (χ1n) is 42.9. The minimum Gasteiger partial charge on any atom is -0.480 e. The van der Waals surface area contributed by atoms with Gasteiger partial charge < -0.3 is 144 Å². The monoisotopic (exact) mass is 1820 g/mol. The number of nitrogens with two attached hydrogens (primary N) is 5. The fourth-order valence-electron chi connectivity index (χ4n) is 14.6. The molecule has 47 heteroatoms. The number of nitrogens with one attached hydrogen (secondary N) is 18. The Bertz CT molecular complexity index is 4090. The molecule has 3 saturated heterocycles. The highest BCUT2D eigenvalue weighted by Gasteiger charge is 2.46. The van der Waals surface area contributed by atoms with Gasteiger partial charge in [0.05, 0.1) is 32.4 Å². The second-order valence-corrected chi connectivity index (χ2v) is 32.4. The molecule has 0 saturated carbocycles. The Hall–Kier alpha value is -12.1. The molecular formula is C81H130N26O20S. The van der Waals surface area contributed by atoms with Crippen molar-refractivity contribution in [1.29, 1.82) is 16.2 Å². The lowest BCUT2D eigenvalue weighted by Crippen LogP contribution is -2.62. The van der Waals surface area contributed by atoms with Gasteiger partial charge in [-0.05, 0) is 138 Å². The number of aliphatic carboxylic acids is 1. The third kappa shape index (κ3) is 35.6. The van der Waals surface area contributed by atoms with Crippen molar-refractivity contribution in [2.75, 3.05) is 90.7 Å². The summed E-state index contributed by atoms with van der Waals surface area (Å²) in [7, 11) is 0. The van der Waals surface area contributed by atoms with Crippen molar-refractivity contribution < 1.29 is 97.1 Å². The number of carboxylic acids is 1. The number of unbranched alkanes of at least 4 members (excludes halogenated alkanes) is 1. The zero-order chi connectivity index (χ0) is 94.5. The minimum atomic E-state index is -1.92. The third-order valence-corrected chi connectivity index (χ3v) is 22.4. The Morgan fingerprint density at radius 1 is 0.438 bits per heavy atom. The van der Waals surface area contributed by atoms with Crippen LogP contribution < -0.4 is 108 Å². The van der Waals surface area contributed by atoms with Gasteiger partial charge in [0.25, 0.3) is 0 Å². The highest BCUT2D eigenvalue weighted by molar-refractivity contribution is 7.98. The van der Waals surface area contributed by atoms with Crippen LogP contribution in [0.5, 0.6) is 0 Å². The number of benzene rings is 2. The second kappa shape index (κ2) is 56.2. The molecule has 0 bridgehead atoms. The predicted molar refractivity (Wildman–Crippen MR) is 470 cm³/mol. The number of nitrogens with zero attached hydrogens (tertiary/aromatic N) is 3. The van der Waals surface area contributed by atoms with E-state index in [1.807, 2.05) is 6.26 Å². The molecule has 2 aromatic carbocycles. The van der Waals surface area contributed by atoms with Crippen LogP contribution in [0.3, 0.4) is 0 Å². The lowest BCUT2D eigenvalue weighted by molar-refractivity contribution is -0.148. The summed E-state index contributed by atoms with van der Waals surface area (Å²) in [6.45, 7) is -0.923. The van der Waals surface area contributed by atoms with E-state index in [1.54, 1.807) is 74.5 Å². The lowest BCUT2D eigenvalue weighted by Gasteiger charge is -2.33. The number of hydrogen-bond acceptors (Lipinski definition) is 25. The van der Waals surface area contributed by atoms with Crippen LogP contribution in [0.15, 0.2) is 60.7 Å². The van der Waals surface area contributed by atoms with E-state index in [-0.39, 0.29) is 129 Å². The van der Waals surface area contributed by atoms with Crippen molar-refractivity contribution >= 4 is 124 Å². The van der Waals surface area contributed by atoms with Gasteiger partial charge in [-0.2, -0.15) is 11.8 Å². The summed E-state index contributed by atoms with van der Waals surface area (Å²) in [5.41, 5.74) is 29.4. The number of guanidine groups is 3. The van der Waals surface area contributed by atoms with Gasteiger partial charge in [-0.1, -0.05) is 80.9 Å². The number of aliphatic hydroxyl groups excluding tert-OH is 3. The summed E-state index contributed by atoms with van der Waals surface area (Å²) < 4.78 is 0. The molecule has 3 aliphatic rings. The molecule has 32 N–H and O–H groups in total. The molecule has 46 nitrogen and oxygen atoms in total. The van der Waals surface area contributed by atoms with Crippen LogP contribution in [-0.2, 0) is 89.6 Å². The molecule has 3 fully saturated rings. The summed E-state index contributed by atoms with van der Waals surface area (Å²) >= 11 is 1.50. The van der Waals surface area contributed by atoms with Crippen molar-refractivity contribution in [1.82, 2.24) is 94.5 Å². The Labute approximate surface area is 746 Å². The Morgan fingerprint density at radius 2 is 0.828 bits per heavy atom. The van der Waals surface area contributed by atoms with Crippen LogP contribution in [0.4, 0.5) is 0 Å². The molecule has 3 heterocycles. The van der Waals surface area contributed by atoms with E-state index in [0.29, 0.717) is 61.9 Å². The number of thioether (sulfide) groups is 1. The number of amides is 15. The topological polar surface area (TPSA) is 746 Å². The van der Waals surface area contributed by atoms with Gasteiger partial charge in [0.2, 0.25) is 88.6 Å². The number of carbonyl (C=O) groups excluding carboxylic acids is 15. The predicted octanol–water partition coefficient (Wildman–Crippen LogP) is -8.37. The third-order valence-electron chi connectivity index (χ3n) is 21.8. The molecule has 15 amide bonds. The van der Waals surface area contributed by atoms with Gasteiger partial charge in [0.1, 0.15) is 85.1 Å². The molecule has 3 aliphatic heterocycles. The van der Waals surface area contributed by atoms with Gasteiger partial charge in [-0.25, -0.2) is 0 Å². The van der Waals surface area contributed by atoms with Crippen molar-refractivity contribution in [2.24, 2.45) is 34.6 Å². The molecular weight excluding hydrogens is 1690 g/mol. The Kier molecular flexibility index (Phi) is 46.7. The first kappa shape index (κ1) is 106. The molecule has 2 aromatic rings. The summed E-state index contributed by atoms with van der Waals surface area (Å²) in [6.07, 6.45) is 4.47. The van der Waals surface area contributed by atoms with Crippen LogP contribution in [0.25, 0.3) is 0 Å². The van der Waals surface area contributed by atoms with Crippen LogP contribution >= 0.6 is 11.8 Å². The maximum absolute atomic E-state index is 14.8. The molecule has 0 aliphatic carbocycles. The number of aliphatic hydroxyl groups is 3. The van der Waals surface area contributed by atoms with E-state index >= 15 is 0 Å². The molecule has 1 unspecified atom stereocenters. The lowest BCUT2D eigenvalue weighted by atomic mass is 9.97. The molecule has 5 rings (SSSR count). The molecule has 15 atom stereocenters. The summed E-state index contributed by atoms with van der Waals surface area (Å²) in [6, 6.07) is -3.19. The Morgan fingerprint density at radius 3 is 1.29 bits per heavy atom. The van der Waals surface area contributed by atoms with E-state index in [4.69, 9.17) is 50.0 Å². The molecule has 0 aromatic heterocycles. The quantitative estimate of drug-likeness (QED) is 0.0166. The highest BCUT2D eigenvalue weighted by atomic mass is 32.2. The number of hydrogen-bond donors (Lipinski definition) is 27. The fraction of sp³-hybridized carbons (Fsp3) is 0.617. The van der Waals surface area contributed by atoms with E-state index in [2.05, 4.69) is 79.8 Å². The van der Waals surface area contributed by atoms with Crippen LogP contribution in [-0.4, -0.2) is 323 Å². The van der Waals surface area contributed by atoms with Gasteiger partial charge in [0, 0.05) is 52.1 Å². The van der Waals surface area contributed by atoms with Gasteiger partial charge in [-0.3, -0.25) is 92.9 Å². The maximum Gasteiger partial charge on any atom is 0.322 e. The van der Waals surface area contributed by atoms with Gasteiger partial charge in [0.15, 0.2) is 17.9 Å². The number of carbonyl (C=O) groups is 16. The average Bonchev–Trinajstić information content (AvgIpc) is 1.63. The van der Waals surface area contributed by atoms with Gasteiger partial charge in [-0.15, -0.1) is 0 Å². The zero-order valence-corrected chi connectivity index (χ0v) is 73.3. The largest absolute Gasteiger partial charge is 0.480 e. The Balaban J connectivity index is 1.29. The zero-order valence-electron chi connectivity index (χ0n) is 72.5. The van der Waals surface area contributed by atoms with Crippen molar-refractivity contribution in [2.45, 2.75) is 220 Å². The van der Waals surface area contributed by atoms with Crippen molar-refractivity contribution in [3.8, 4) is 0 Å². The first-order valence-corrected chi connectivity index (χ1v) is 44.3. The van der Waals surface area contributed by atoms with Crippen LogP contribution in [0.1, 0.15) is 134 Å². The molecule has 710 valence electrons. The molecule has 0 radical (unpaired) electrons. The van der Waals surface area contributed by atoms with E-state index < -0.39 is 230 Å². The highest BCUT2D eigenvalue weighted by Crippen LogP contribution is 2.27. The van der Waals surface area contributed by atoms with E-state index in [1.165, 1.54) is 21.6 Å². The number of likely N-dealkylation sites (tertiary alicyclic amines) is 3. The van der Waals surface area contributed by atoms with E-state index in [0.717, 1.165) is 4.90 Å². The molecule has 128 heavy (non-hydrogen) atoms. The number of carboxylic acid groups (broad SMARTS) is 1. The summed E-state index contributed by atoms with van der Waals surface area (Å²) in [5.74, 6) is -15.7. The summed E-state index contributed by atoms with van der Waals surface area (Å²) in [4.78, 5) is 228. The van der Waals surface area contributed by atoms with Crippen LogP contribution in [0.2, 0.25) is 0 Å². The van der Waals surface area contributed by atoms with Crippen molar-refractivity contribution in [3.63, 3.8) is 0 Å². The smallest absolute Gasteiger partial charge is 0.322 e. The molecule has 0 spiro atoms. The normalized spacial score (nSPS) is 17.4. The van der Waals surface area contributed by atoms with Crippen molar-refractivity contribution in [3.05, 3.63) is 71.8 Å². The van der Waals surface area contributed by atoms with E-state index in [9.17, 15) is 92.0 Å². The summed E-state index contributed by atoms with van der Waals surface area (Å²) in [5, 5.41) is 102.